The van der Waals surface area contributed by atoms with E-state index in [-0.39, 0.29) is 24.4 Å². The average Bonchev–Trinajstić information content (AvgIpc) is 3.25. The van der Waals surface area contributed by atoms with E-state index in [0.717, 1.165) is 29.7 Å². The van der Waals surface area contributed by atoms with E-state index in [0.29, 0.717) is 34.9 Å². The number of aromatic nitrogens is 3. The second-order valence-corrected chi connectivity index (χ2v) is 8.26. The molecule has 1 saturated heterocycles. The maximum absolute atomic E-state index is 12.9. The first-order chi connectivity index (χ1) is 16.1. The molecule has 8 nitrogen and oxygen atoms in total. The van der Waals surface area contributed by atoms with Crippen molar-refractivity contribution in [3.05, 3.63) is 77.9 Å². The number of ketones is 1. The molecule has 0 amide bonds. The molecule has 4 aromatic rings. The molecule has 0 bridgehead atoms. The lowest BCUT2D eigenvalue weighted by molar-refractivity contribution is -0.0282. The lowest BCUT2D eigenvalue weighted by Crippen LogP contribution is -2.28. The van der Waals surface area contributed by atoms with Crippen LogP contribution >= 0.6 is 0 Å². The van der Waals surface area contributed by atoms with Gasteiger partial charge in [0.1, 0.15) is 22.9 Å². The Hall–Kier alpha value is -3.75. The van der Waals surface area contributed by atoms with Gasteiger partial charge in [0.25, 0.3) is 0 Å². The highest BCUT2D eigenvalue weighted by molar-refractivity contribution is 6.12. The third-order valence-electron chi connectivity index (χ3n) is 6.18. The van der Waals surface area contributed by atoms with Crippen molar-refractivity contribution in [2.24, 2.45) is 0 Å². The fraction of sp³-hybridized carbons (Fsp3) is 0.240. The zero-order chi connectivity index (χ0) is 22.9. The van der Waals surface area contributed by atoms with Gasteiger partial charge in [-0.3, -0.25) is 9.20 Å². The predicted molar refractivity (Wildman–Crippen MR) is 126 cm³/mol. The number of aliphatic hydroxyl groups excluding tert-OH is 1. The first-order valence-electron chi connectivity index (χ1n) is 10.9. The van der Waals surface area contributed by atoms with Crippen LogP contribution < -0.4 is 11.5 Å². The number of carbonyl (C=O) groups excluding carboxylic acids is 1. The summed E-state index contributed by atoms with van der Waals surface area (Å²) in [5.74, 6) is 1.18. The molecule has 1 fully saturated rings. The van der Waals surface area contributed by atoms with Crippen LogP contribution in [-0.2, 0) is 4.74 Å². The summed E-state index contributed by atoms with van der Waals surface area (Å²) in [4.78, 5) is 22.1. The van der Waals surface area contributed by atoms with Crippen molar-refractivity contribution >= 4 is 22.8 Å². The number of rotatable bonds is 5. The summed E-state index contributed by atoms with van der Waals surface area (Å²) in [6.45, 7) is 0.509. The number of carbonyl (C=O) groups is 1. The van der Waals surface area contributed by atoms with Crippen molar-refractivity contribution in [3.63, 3.8) is 0 Å². The number of anilines is 2. The highest BCUT2D eigenvalue weighted by Crippen LogP contribution is 2.34. The number of nitrogens with two attached hydrogens (primary N) is 2. The SMILES string of the molecule is Nc1ccccc1C(=O)c1ccc(-c2nc(C3CCC(CO)OC3)n3ccnc(N)c23)cc1. The zero-order valence-electron chi connectivity index (χ0n) is 18.0. The molecule has 2 atom stereocenters. The van der Waals surface area contributed by atoms with E-state index in [4.69, 9.17) is 21.2 Å². The fourth-order valence-electron chi connectivity index (χ4n) is 4.37. The molecule has 5 rings (SSSR count). The third kappa shape index (κ3) is 3.83. The first-order valence-corrected chi connectivity index (χ1v) is 10.9. The lowest BCUT2D eigenvalue weighted by Gasteiger charge is -2.27. The molecule has 1 aliphatic rings. The van der Waals surface area contributed by atoms with E-state index >= 15 is 0 Å². The minimum atomic E-state index is -0.131. The maximum Gasteiger partial charge on any atom is 0.195 e. The second-order valence-electron chi connectivity index (χ2n) is 8.26. The van der Waals surface area contributed by atoms with Crippen molar-refractivity contribution in [2.75, 3.05) is 24.7 Å². The van der Waals surface area contributed by atoms with Gasteiger partial charge in [-0.15, -0.1) is 0 Å². The molecule has 0 saturated carbocycles. The molecule has 33 heavy (non-hydrogen) atoms. The standard InChI is InChI=1S/C25H25N5O3/c26-20-4-2-1-3-19(20)23(32)16-7-5-15(6-8-16)21-22-24(27)28-11-12-30(22)25(29-21)17-9-10-18(13-31)33-14-17/h1-8,11-12,17-18,31H,9-10,13-14,26H2,(H2,27,28). The van der Waals surface area contributed by atoms with Crippen LogP contribution in [-0.4, -0.2) is 44.6 Å². The van der Waals surface area contributed by atoms with E-state index in [1.807, 2.05) is 22.7 Å². The molecule has 8 heteroatoms. The Morgan fingerprint density at radius 1 is 1.12 bits per heavy atom. The number of imidazole rings is 1. The number of aliphatic hydroxyl groups is 1. The minimum absolute atomic E-state index is 0.0247. The van der Waals surface area contributed by atoms with Crippen LogP contribution in [0.1, 0.15) is 40.5 Å². The van der Waals surface area contributed by atoms with Gasteiger partial charge in [-0.25, -0.2) is 9.97 Å². The van der Waals surface area contributed by atoms with Crippen molar-refractivity contribution in [1.82, 2.24) is 14.4 Å². The molecule has 0 spiro atoms. The van der Waals surface area contributed by atoms with Crippen LogP contribution in [0.25, 0.3) is 16.8 Å². The molecule has 0 aliphatic carbocycles. The van der Waals surface area contributed by atoms with Crippen molar-refractivity contribution in [1.29, 1.82) is 0 Å². The van der Waals surface area contributed by atoms with E-state index in [1.54, 1.807) is 42.6 Å². The summed E-state index contributed by atoms with van der Waals surface area (Å²) in [7, 11) is 0. The number of para-hydroxylation sites is 1. The van der Waals surface area contributed by atoms with E-state index in [2.05, 4.69) is 4.98 Å². The first kappa shape index (κ1) is 21.1. The van der Waals surface area contributed by atoms with Gasteiger partial charge < -0.3 is 21.3 Å². The third-order valence-corrected chi connectivity index (χ3v) is 6.18. The summed E-state index contributed by atoms with van der Waals surface area (Å²) < 4.78 is 7.75. The van der Waals surface area contributed by atoms with Crippen LogP contribution in [0.2, 0.25) is 0 Å². The number of nitrogen functional groups attached to an aromatic ring is 2. The van der Waals surface area contributed by atoms with E-state index in [9.17, 15) is 9.90 Å². The van der Waals surface area contributed by atoms with Gasteiger partial charge in [0.05, 0.1) is 19.3 Å². The highest BCUT2D eigenvalue weighted by atomic mass is 16.5. The van der Waals surface area contributed by atoms with Crippen molar-refractivity contribution < 1.29 is 14.6 Å². The van der Waals surface area contributed by atoms with Crippen LogP contribution in [0.4, 0.5) is 11.5 Å². The molecule has 3 heterocycles. The smallest absolute Gasteiger partial charge is 0.195 e. The second kappa shape index (κ2) is 8.65. The largest absolute Gasteiger partial charge is 0.398 e. The van der Waals surface area contributed by atoms with Gasteiger partial charge in [0, 0.05) is 40.7 Å². The minimum Gasteiger partial charge on any atom is -0.398 e. The summed E-state index contributed by atoms with van der Waals surface area (Å²) in [6.07, 6.45) is 5.01. The molecular formula is C25H25N5O3. The molecular weight excluding hydrogens is 418 g/mol. The normalized spacial score (nSPS) is 18.5. The summed E-state index contributed by atoms with van der Waals surface area (Å²) >= 11 is 0. The van der Waals surface area contributed by atoms with Gasteiger partial charge in [-0.1, -0.05) is 36.4 Å². The van der Waals surface area contributed by atoms with Crippen LogP contribution in [0.5, 0.6) is 0 Å². The van der Waals surface area contributed by atoms with Gasteiger partial charge in [-0.2, -0.15) is 0 Å². The summed E-state index contributed by atoms with van der Waals surface area (Å²) in [5, 5.41) is 9.36. The number of fused-ring (bicyclic) bond motifs is 1. The highest BCUT2D eigenvalue weighted by Gasteiger charge is 2.28. The fourth-order valence-corrected chi connectivity index (χ4v) is 4.37. The average molecular weight is 444 g/mol. The van der Waals surface area contributed by atoms with Gasteiger partial charge in [-0.05, 0) is 25.0 Å². The summed E-state index contributed by atoms with van der Waals surface area (Å²) in [5.41, 5.74) is 16.0. The Morgan fingerprint density at radius 2 is 1.91 bits per heavy atom. The van der Waals surface area contributed by atoms with Crippen LogP contribution in [0.15, 0.2) is 60.9 Å². The van der Waals surface area contributed by atoms with Gasteiger partial charge in [0.2, 0.25) is 0 Å². The Bertz CT molecular complexity index is 1310. The van der Waals surface area contributed by atoms with Crippen molar-refractivity contribution in [3.8, 4) is 11.3 Å². The Balaban J connectivity index is 1.51. The number of nitrogens with zero attached hydrogens (tertiary/aromatic N) is 3. The molecule has 2 aromatic carbocycles. The Labute approximate surface area is 190 Å². The van der Waals surface area contributed by atoms with Gasteiger partial charge in [0.15, 0.2) is 5.78 Å². The molecule has 1 aliphatic heterocycles. The molecule has 5 N–H and O–H groups in total. The molecule has 2 aromatic heterocycles. The van der Waals surface area contributed by atoms with E-state index in [1.165, 1.54) is 0 Å². The van der Waals surface area contributed by atoms with Crippen LogP contribution in [0.3, 0.4) is 0 Å². The predicted octanol–water partition coefficient (Wildman–Crippen LogP) is 3.05. The van der Waals surface area contributed by atoms with Crippen LogP contribution in [0, 0.1) is 0 Å². The van der Waals surface area contributed by atoms with Gasteiger partial charge >= 0.3 is 0 Å². The molecule has 2 unspecified atom stereocenters. The Kier molecular flexibility index (Phi) is 5.53. The number of benzene rings is 2. The molecule has 168 valence electrons. The number of hydrogen-bond donors (Lipinski definition) is 3. The summed E-state index contributed by atoms with van der Waals surface area (Å²) in [6, 6.07) is 14.3. The lowest BCUT2D eigenvalue weighted by atomic mass is 9.98. The maximum atomic E-state index is 12.9. The molecule has 0 radical (unpaired) electrons. The topological polar surface area (TPSA) is 129 Å². The van der Waals surface area contributed by atoms with Crippen molar-refractivity contribution in [2.45, 2.75) is 24.9 Å². The number of ether oxygens (including phenoxy) is 1. The Morgan fingerprint density at radius 3 is 2.61 bits per heavy atom. The zero-order valence-corrected chi connectivity index (χ0v) is 18.0. The number of hydrogen-bond acceptors (Lipinski definition) is 7. The van der Waals surface area contributed by atoms with E-state index < -0.39 is 0 Å². The monoisotopic (exact) mass is 443 g/mol. The quantitative estimate of drug-likeness (QED) is 0.319.